The van der Waals surface area contributed by atoms with Crippen LogP contribution in [0.4, 0.5) is 17.1 Å². The lowest BCUT2D eigenvalue weighted by molar-refractivity contribution is 1.19. The lowest BCUT2D eigenvalue weighted by Gasteiger charge is -2.27. The first-order valence-electron chi connectivity index (χ1n) is 19.3. The van der Waals surface area contributed by atoms with E-state index in [-0.39, 0.29) is 0 Å². The highest BCUT2D eigenvalue weighted by Crippen LogP contribution is 2.41. The summed E-state index contributed by atoms with van der Waals surface area (Å²) in [5, 5.41) is 10.0. The van der Waals surface area contributed by atoms with E-state index in [9.17, 15) is 0 Å². The fourth-order valence-corrected chi connectivity index (χ4v) is 8.67. The normalized spacial score (nSPS) is 11.6. The van der Waals surface area contributed by atoms with Crippen LogP contribution in [0, 0.1) is 0 Å². The zero-order valence-electron chi connectivity index (χ0n) is 30.7. The molecular formula is C54H36N2. The van der Waals surface area contributed by atoms with Crippen molar-refractivity contribution in [1.29, 1.82) is 0 Å². The van der Waals surface area contributed by atoms with Gasteiger partial charge in [-0.3, -0.25) is 0 Å². The topological polar surface area (TPSA) is 8.17 Å². The average molecular weight is 713 g/mol. The third kappa shape index (κ3) is 5.34. The minimum atomic E-state index is 1.10. The van der Waals surface area contributed by atoms with Crippen LogP contribution in [0.1, 0.15) is 0 Å². The van der Waals surface area contributed by atoms with Gasteiger partial charge in [0.1, 0.15) is 0 Å². The molecule has 0 saturated carbocycles. The van der Waals surface area contributed by atoms with Gasteiger partial charge in [0.05, 0.1) is 11.0 Å². The Kier molecular flexibility index (Phi) is 7.53. The molecule has 0 radical (unpaired) electrons. The molecule has 2 nitrogen and oxygen atoms in total. The van der Waals surface area contributed by atoms with Gasteiger partial charge in [-0.2, -0.15) is 0 Å². The van der Waals surface area contributed by atoms with Crippen molar-refractivity contribution >= 4 is 71.2 Å². The first kappa shape index (κ1) is 32.0. The fraction of sp³-hybridized carbons (Fsp3) is 0. The molecular weight excluding hydrogens is 677 g/mol. The van der Waals surface area contributed by atoms with Crippen LogP contribution in [-0.4, -0.2) is 4.57 Å². The Balaban J connectivity index is 1.03. The average Bonchev–Trinajstić information content (AvgIpc) is 3.62. The fourth-order valence-electron chi connectivity index (χ4n) is 8.67. The molecule has 0 aliphatic carbocycles. The van der Waals surface area contributed by atoms with Gasteiger partial charge in [-0.05, 0) is 104 Å². The molecule has 0 aliphatic heterocycles. The second-order valence-electron chi connectivity index (χ2n) is 14.6. The molecule has 2 heteroatoms. The van der Waals surface area contributed by atoms with Crippen molar-refractivity contribution in [1.82, 2.24) is 4.57 Å². The molecule has 0 saturated heterocycles. The number of anilines is 3. The number of aromatic nitrogens is 1. The number of fused-ring (bicyclic) bond motifs is 8. The van der Waals surface area contributed by atoms with Crippen LogP contribution in [0.5, 0.6) is 0 Å². The summed E-state index contributed by atoms with van der Waals surface area (Å²) in [4.78, 5) is 2.38. The molecule has 1 heterocycles. The smallest absolute Gasteiger partial charge is 0.0619 e. The van der Waals surface area contributed by atoms with Crippen LogP contribution in [-0.2, 0) is 0 Å². The van der Waals surface area contributed by atoms with Crippen LogP contribution in [0.2, 0.25) is 0 Å². The van der Waals surface area contributed by atoms with E-state index < -0.39 is 0 Å². The minimum Gasteiger partial charge on any atom is -0.310 e. The van der Waals surface area contributed by atoms with Crippen molar-refractivity contribution in [2.45, 2.75) is 0 Å². The Morgan fingerprint density at radius 3 is 1.68 bits per heavy atom. The maximum atomic E-state index is 2.44. The zero-order valence-corrected chi connectivity index (χ0v) is 30.7. The SMILES string of the molecule is c1ccc(-c2cccc(N(c3ccc(-c4cccc(-n5c6ccccc6c6ccc7ccccc7c65)c4)cc3)c3ccc4c(ccc5ccccc54)c3)c2)cc1. The van der Waals surface area contributed by atoms with Gasteiger partial charge in [-0.15, -0.1) is 0 Å². The molecule has 0 unspecified atom stereocenters. The summed E-state index contributed by atoms with van der Waals surface area (Å²) in [6.07, 6.45) is 0. The van der Waals surface area contributed by atoms with Gasteiger partial charge in [0.2, 0.25) is 0 Å². The molecule has 56 heavy (non-hydrogen) atoms. The van der Waals surface area contributed by atoms with Gasteiger partial charge >= 0.3 is 0 Å². The first-order chi connectivity index (χ1) is 27.8. The highest BCUT2D eigenvalue weighted by Gasteiger charge is 2.17. The number of benzene rings is 10. The summed E-state index contributed by atoms with van der Waals surface area (Å²) in [7, 11) is 0. The van der Waals surface area contributed by atoms with Crippen LogP contribution in [0.15, 0.2) is 218 Å². The Bertz CT molecular complexity index is 3250. The summed E-state index contributed by atoms with van der Waals surface area (Å²) >= 11 is 0. The predicted molar refractivity (Wildman–Crippen MR) is 239 cm³/mol. The summed E-state index contributed by atoms with van der Waals surface area (Å²) in [5.41, 5.74) is 11.7. The largest absolute Gasteiger partial charge is 0.310 e. The Labute approximate surface area is 325 Å². The Morgan fingerprint density at radius 1 is 0.286 bits per heavy atom. The molecule has 0 bridgehead atoms. The van der Waals surface area contributed by atoms with Crippen molar-refractivity contribution in [3.05, 3.63) is 218 Å². The first-order valence-corrected chi connectivity index (χ1v) is 19.3. The van der Waals surface area contributed by atoms with Crippen molar-refractivity contribution in [2.75, 3.05) is 4.90 Å². The van der Waals surface area contributed by atoms with Crippen LogP contribution in [0.25, 0.3) is 82.1 Å². The van der Waals surface area contributed by atoms with Crippen molar-refractivity contribution in [2.24, 2.45) is 0 Å². The van der Waals surface area contributed by atoms with E-state index in [1.807, 2.05) is 0 Å². The predicted octanol–water partition coefficient (Wildman–Crippen LogP) is 15.0. The molecule has 0 atom stereocenters. The van der Waals surface area contributed by atoms with Crippen LogP contribution < -0.4 is 4.90 Å². The van der Waals surface area contributed by atoms with Gasteiger partial charge in [0.25, 0.3) is 0 Å². The Morgan fingerprint density at radius 2 is 0.839 bits per heavy atom. The van der Waals surface area contributed by atoms with Gasteiger partial charge in [-0.25, -0.2) is 0 Å². The van der Waals surface area contributed by atoms with E-state index in [1.165, 1.54) is 76.4 Å². The molecule has 11 rings (SSSR count). The van der Waals surface area contributed by atoms with Gasteiger partial charge in [0.15, 0.2) is 0 Å². The van der Waals surface area contributed by atoms with E-state index in [1.54, 1.807) is 0 Å². The maximum absolute atomic E-state index is 2.44. The third-order valence-corrected chi connectivity index (χ3v) is 11.3. The van der Waals surface area contributed by atoms with Crippen molar-refractivity contribution < 1.29 is 0 Å². The Hall–Kier alpha value is -7.42. The summed E-state index contributed by atoms with van der Waals surface area (Å²) < 4.78 is 2.44. The molecule has 0 spiro atoms. The zero-order chi connectivity index (χ0) is 37.0. The summed E-state index contributed by atoms with van der Waals surface area (Å²) in [6.45, 7) is 0. The minimum absolute atomic E-state index is 1.10. The van der Waals surface area contributed by atoms with Gasteiger partial charge in [0, 0.05) is 38.9 Å². The molecule has 1 aromatic heterocycles. The molecule has 0 amide bonds. The number of rotatable bonds is 6. The number of nitrogens with zero attached hydrogens (tertiary/aromatic N) is 2. The van der Waals surface area contributed by atoms with E-state index in [0.29, 0.717) is 0 Å². The molecule has 11 aromatic rings. The van der Waals surface area contributed by atoms with Crippen LogP contribution in [0.3, 0.4) is 0 Å². The number of para-hydroxylation sites is 1. The van der Waals surface area contributed by atoms with Crippen molar-refractivity contribution in [3.63, 3.8) is 0 Å². The second-order valence-corrected chi connectivity index (χ2v) is 14.6. The van der Waals surface area contributed by atoms with E-state index in [2.05, 4.69) is 228 Å². The monoisotopic (exact) mass is 712 g/mol. The third-order valence-electron chi connectivity index (χ3n) is 11.3. The molecule has 262 valence electrons. The van der Waals surface area contributed by atoms with E-state index in [4.69, 9.17) is 0 Å². The van der Waals surface area contributed by atoms with Gasteiger partial charge in [-0.1, -0.05) is 164 Å². The molecule has 0 aliphatic rings. The highest BCUT2D eigenvalue weighted by atomic mass is 15.1. The number of hydrogen-bond donors (Lipinski definition) is 0. The maximum Gasteiger partial charge on any atom is 0.0619 e. The summed E-state index contributed by atoms with van der Waals surface area (Å²) in [6, 6.07) is 79.5. The molecule has 0 fully saturated rings. The lowest BCUT2D eigenvalue weighted by Crippen LogP contribution is -2.10. The molecule has 10 aromatic carbocycles. The highest BCUT2D eigenvalue weighted by molar-refractivity contribution is 6.18. The van der Waals surface area contributed by atoms with E-state index in [0.717, 1.165) is 22.7 Å². The number of hydrogen-bond acceptors (Lipinski definition) is 1. The second kappa shape index (κ2) is 13.2. The lowest BCUT2D eigenvalue weighted by atomic mass is 10.00. The van der Waals surface area contributed by atoms with Crippen LogP contribution >= 0.6 is 0 Å². The summed E-state index contributed by atoms with van der Waals surface area (Å²) in [5.74, 6) is 0. The van der Waals surface area contributed by atoms with Gasteiger partial charge < -0.3 is 9.47 Å². The van der Waals surface area contributed by atoms with Crippen molar-refractivity contribution in [3.8, 4) is 27.9 Å². The molecule has 0 N–H and O–H groups in total. The quantitative estimate of drug-likeness (QED) is 0.156. The standard InChI is InChI=1S/C54H36N2/c1-2-12-37(13-3-1)41-16-10-18-45(34-41)55(47-31-33-49-43(36-47)25-24-39-14-4-6-20-48(39)49)44-29-26-38(27-30-44)42-17-11-19-46(35-42)56-53-23-9-8-22-51(53)52-32-28-40-15-5-7-21-50(40)54(52)56/h1-36H. The van der Waals surface area contributed by atoms with E-state index >= 15 is 0 Å².